The summed E-state index contributed by atoms with van der Waals surface area (Å²) in [5.41, 5.74) is 3.58. The van der Waals surface area contributed by atoms with Crippen LogP contribution in [0.1, 0.15) is 11.3 Å². The number of hydrogen-bond acceptors (Lipinski definition) is 4. The number of rotatable bonds is 3. The molecule has 0 spiro atoms. The van der Waals surface area contributed by atoms with Crippen LogP contribution < -0.4 is 4.74 Å². The highest BCUT2D eigenvalue weighted by molar-refractivity contribution is 5.88. The van der Waals surface area contributed by atoms with Crippen molar-refractivity contribution in [2.75, 3.05) is 0 Å². The standard InChI is InChI=1S/C29H18N4O/c1-2-10-25-21(7-1)8-5-9-22(25)12-17-27-29(32-26-11-6-18-30-28(26)31-27)34-24-15-13-23(14-16-24)33-19-3-4-20-33/h1-11,13-16,18-20H. The number of fused-ring (bicyclic) bond motifs is 2. The van der Waals surface area contributed by atoms with Gasteiger partial charge in [0, 0.05) is 29.8 Å². The molecule has 3 heterocycles. The Balaban J connectivity index is 1.40. The fraction of sp³-hybridized carbons (Fsp3) is 0. The predicted molar refractivity (Wildman–Crippen MR) is 133 cm³/mol. The normalized spacial score (nSPS) is 10.7. The van der Waals surface area contributed by atoms with Crippen LogP contribution in [0.5, 0.6) is 11.6 Å². The van der Waals surface area contributed by atoms with Crippen molar-refractivity contribution in [2.24, 2.45) is 0 Å². The summed E-state index contributed by atoms with van der Waals surface area (Å²) in [5, 5.41) is 2.23. The highest BCUT2D eigenvalue weighted by atomic mass is 16.5. The monoisotopic (exact) mass is 438 g/mol. The molecule has 5 heteroatoms. The van der Waals surface area contributed by atoms with Gasteiger partial charge < -0.3 is 9.30 Å². The van der Waals surface area contributed by atoms with Crippen LogP contribution in [0.4, 0.5) is 0 Å². The Morgan fingerprint density at radius 2 is 1.53 bits per heavy atom. The van der Waals surface area contributed by atoms with E-state index in [1.807, 2.05) is 89.8 Å². The zero-order valence-electron chi connectivity index (χ0n) is 18.1. The number of ether oxygens (including phenoxy) is 1. The zero-order chi connectivity index (χ0) is 22.7. The molecule has 0 amide bonds. The van der Waals surface area contributed by atoms with E-state index >= 15 is 0 Å². The molecular weight excluding hydrogens is 420 g/mol. The lowest BCUT2D eigenvalue weighted by molar-refractivity contribution is 0.461. The molecule has 0 bridgehead atoms. The summed E-state index contributed by atoms with van der Waals surface area (Å²) in [6, 6.07) is 29.7. The minimum absolute atomic E-state index is 0.349. The average Bonchev–Trinajstić information content (AvgIpc) is 3.43. The van der Waals surface area contributed by atoms with Crippen molar-refractivity contribution in [1.29, 1.82) is 0 Å². The third-order valence-corrected chi connectivity index (χ3v) is 5.47. The molecule has 3 aromatic heterocycles. The number of pyridine rings is 1. The summed E-state index contributed by atoms with van der Waals surface area (Å²) >= 11 is 0. The van der Waals surface area contributed by atoms with E-state index in [9.17, 15) is 0 Å². The van der Waals surface area contributed by atoms with Gasteiger partial charge in [-0.2, -0.15) is 0 Å². The fourth-order valence-electron chi connectivity index (χ4n) is 3.80. The Labute approximate surface area is 196 Å². The summed E-state index contributed by atoms with van der Waals surface area (Å²) in [7, 11) is 0. The van der Waals surface area contributed by atoms with Gasteiger partial charge in [-0.25, -0.2) is 15.0 Å². The first-order valence-electron chi connectivity index (χ1n) is 10.9. The van der Waals surface area contributed by atoms with Crippen LogP contribution in [0.3, 0.4) is 0 Å². The molecule has 5 nitrogen and oxygen atoms in total. The molecule has 0 aliphatic heterocycles. The molecule has 0 aliphatic rings. The first kappa shape index (κ1) is 19.7. The van der Waals surface area contributed by atoms with Crippen LogP contribution in [-0.2, 0) is 0 Å². The average molecular weight is 438 g/mol. The van der Waals surface area contributed by atoms with Crippen molar-refractivity contribution in [2.45, 2.75) is 0 Å². The van der Waals surface area contributed by atoms with Crippen molar-refractivity contribution in [3.8, 4) is 29.2 Å². The third kappa shape index (κ3) is 3.85. The predicted octanol–water partition coefficient (Wildman–Crippen LogP) is 6.16. The molecule has 160 valence electrons. The first-order valence-corrected chi connectivity index (χ1v) is 10.9. The van der Waals surface area contributed by atoms with Gasteiger partial charge in [0.1, 0.15) is 11.3 Å². The second-order valence-electron chi connectivity index (χ2n) is 7.69. The van der Waals surface area contributed by atoms with Gasteiger partial charge in [-0.3, -0.25) is 0 Å². The molecule has 6 rings (SSSR count). The lowest BCUT2D eigenvalue weighted by Crippen LogP contribution is -1.98. The van der Waals surface area contributed by atoms with Gasteiger partial charge in [0.15, 0.2) is 11.3 Å². The van der Waals surface area contributed by atoms with E-state index in [0.29, 0.717) is 28.5 Å². The van der Waals surface area contributed by atoms with Gasteiger partial charge in [0.25, 0.3) is 5.88 Å². The van der Waals surface area contributed by atoms with Crippen molar-refractivity contribution >= 4 is 21.9 Å². The number of nitrogens with zero attached hydrogens (tertiary/aromatic N) is 4. The van der Waals surface area contributed by atoms with Crippen molar-refractivity contribution in [3.63, 3.8) is 0 Å². The number of hydrogen-bond donors (Lipinski definition) is 0. The van der Waals surface area contributed by atoms with Gasteiger partial charge in [0.2, 0.25) is 0 Å². The molecule has 0 saturated carbocycles. The highest BCUT2D eigenvalue weighted by Crippen LogP contribution is 2.25. The van der Waals surface area contributed by atoms with Crippen LogP contribution in [0.25, 0.3) is 27.6 Å². The van der Waals surface area contributed by atoms with Gasteiger partial charge in [-0.1, -0.05) is 42.3 Å². The molecule has 3 aromatic carbocycles. The summed E-state index contributed by atoms with van der Waals surface area (Å²) in [5.74, 6) is 7.44. The number of aromatic nitrogens is 4. The van der Waals surface area contributed by atoms with Crippen molar-refractivity contribution in [3.05, 3.63) is 121 Å². The van der Waals surface area contributed by atoms with Gasteiger partial charge in [-0.15, -0.1) is 0 Å². The van der Waals surface area contributed by atoms with Crippen LogP contribution in [0, 0.1) is 11.8 Å². The van der Waals surface area contributed by atoms with Crippen LogP contribution >= 0.6 is 0 Å². The van der Waals surface area contributed by atoms with E-state index in [0.717, 1.165) is 22.0 Å². The van der Waals surface area contributed by atoms with E-state index in [1.165, 1.54) is 0 Å². The Morgan fingerprint density at radius 3 is 2.41 bits per heavy atom. The minimum atomic E-state index is 0.349. The van der Waals surface area contributed by atoms with Crippen LogP contribution in [-0.4, -0.2) is 19.5 Å². The number of benzene rings is 3. The topological polar surface area (TPSA) is 52.8 Å². The maximum Gasteiger partial charge on any atom is 0.255 e. The lowest BCUT2D eigenvalue weighted by atomic mass is 10.1. The maximum atomic E-state index is 6.15. The Bertz CT molecular complexity index is 1670. The zero-order valence-corrected chi connectivity index (χ0v) is 18.1. The first-order chi connectivity index (χ1) is 16.8. The van der Waals surface area contributed by atoms with E-state index in [-0.39, 0.29) is 0 Å². The molecular formula is C29H18N4O. The molecule has 0 fully saturated rings. The fourth-order valence-corrected chi connectivity index (χ4v) is 3.80. The molecule has 6 aromatic rings. The van der Waals surface area contributed by atoms with Crippen LogP contribution in [0.15, 0.2) is 110 Å². The third-order valence-electron chi connectivity index (χ3n) is 5.47. The molecule has 0 N–H and O–H groups in total. The second kappa shape index (κ2) is 8.53. The Kier molecular flexibility index (Phi) is 4.95. The van der Waals surface area contributed by atoms with Crippen molar-refractivity contribution in [1.82, 2.24) is 19.5 Å². The van der Waals surface area contributed by atoms with Gasteiger partial charge in [-0.05, 0) is 71.3 Å². The van der Waals surface area contributed by atoms with E-state index in [4.69, 9.17) is 4.74 Å². The smallest absolute Gasteiger partial charge is 0.255 e. The Hall–Kier alpha value is -4.95. The molecule has 0 atom stereocenters. The Morgan fingerprint density at radius 1 is 0.706 bits per heavy atom. The summed E-state index contributed by atoms with van der Waals surface area (Å²) < 4.78 is 8.19. The molecule has 0 radical (unpaired) electrons. The highest BCUT2D eigenvalue weighted by Gasteiger charge is 2.11. The summed E-state index contributed by atoms with van der Waals surface area (Å²) in [6.07, 6.45) is 5.69. The lowest BCUT2D eigenvalue weighted by Gasteiger charge is -2.09. The molecule has 34 heavy (non-hydrogen) atoms. The van der Waals surface area contributed by atoms with E-state index in [2.05, 4.69) is 45.0 Å². The minimum Gasteiger partial charge on any atom is -0.437 e. The maximum absolute atomic E-state index is 6.15. The van der Waals surface area contributed by atoms with Gasteiger partial charge in [0.05, 0.1) is 0 Å². The largest absolute Gasteiger partial charge is 0.437 e. The summed E-state index contributed by atoms with van der Waals surface area (Å²) in [4.78, 5) is 13.6. The van der Waals surface area contributed by atoms with E-state index < -0.39 is 0 Å². The quantitative estimate of drug-likeness (QED) is 0.311. The second-order valence-corrected chi connectivity index (χ2v) is 7.69. The summed E-state index contributed by atoms with van der Waals surface area (Å²) in [6.45, 7) is 0. The van der Waals surface area contributed by atoms with Crippen LogP contribution in [0.2, 0.25) is 0 Å². The van der Waals surface area contributed by atoms with Gasteiger partial charge >= 0.3 is 0 Å². The molecule has 0 aliphatic carbocycles. The molecule has 0 unspecified atom stereocenters. The van der Waals surface area contributed by atoms with Crippen molar-refractivity contribution < 1.29 is 4.74 Å². The molecule has 0 saturated heterocycles. The SMILES string of the molecule is C(#Cc1cccc2ccccc12)c1nc2ncccc2nc1Oc1ccc(-n2cccc2)cc1. The van der Waals surface area contributed by atoms with E-state index in [1.54, 1.807) is 6.20 Å².